The Hall–Kier alpha value is -1.25. The summed E-state index contributed by atoms with van der Waals surface area (Å²) in [5, 5.41) is 3.82. The van der Waals surface area contributed by atoms with Gasteiger partial charge in [0.1, 0.15) is 23.8 Å². The third kappa shape index (κ3) is 3.35. The highest BCUT2D eigenvalue weighted by atomic mass is 32.2. The number of anilines is 1. The van der Waals surface area contributed by atoms with Crippen LogP contribution in [-0.2, 0) is 11.3 Å². The minimum Gasteiger partial charge on any atom is -0.377 e. The van der Waals surface area contributed by atoms with Gasteiger partial charge in [0.15, 0.2) is 10.2 Å². The van der Waals surface area contributed by atoms with Gasteiger partial charge in [-0.05, 0) is 23.3 Å². The highest BCUT2D eigenvalue weighted by molar-refractivity contribution is 8.00. The van der Waals surface area contributed by atoms with Gasteiger partial charge in [-0.3, -0.25) is 0 Å². The zero-order valence-corrected chi connectivity index (χ0v) is 11.0. The third-order valence-electron chi connectivity index (χ3n) is 1.81. The van der Waals surface area contributed by atoms with Gasteiger partial charge in [-0.2, -0.15) is 4.37 Å². The van der Waals surface area contributed by atoms with E-state index in [2.05, 4.69) is 24.6 Å². The second kappa shape index (κ2) is 5.89. The number of nitrogens with zero attached hydrogens (tertiary/aromatic N) is 4. The zero-order chi connectivity index (χ0) is 12.1. The highest BCUT2D eigenvalue weighted by Crippen LogP contribution is 2.27. The van der Waals surface area contributed by atoms with Gasteiger partial charge in [-0.1, -0.05) is 0 Å². The largest absolute Gasteiger partial charge is 0.377 e. The number of hydrogen-bond acceptors (Lipinski definition) is 8. The molecule has 0 saturated heterocycles. The van der Waals surface area contributed by atoms with Crippen molar-refractivity contribution in [3.63, 3.8) is 0 Å². The van der Waals surface area contributed by atoms with Crippen LogP contribution in [0.4, 0.5) is 5.82 Å². The lowest BCUT2D eigenvalue weighted by Gasteiger charge is -2.05. The molecule has 0 radical (unpaired) electrons. The summed E-state index contributed by atoms with van der Waals surface area (Å²) in [6.45, 7) is 0.388. The number of nitrogens with one attached hydrogen (secondary N) is 1. The van der Waals surface area contributed by atoms with Crippen molar-refractivity contribution < 1.29 is 4.74 Å². The van der Waals surface area contributed by atoms with Crippen molar-refractivity contribution in [3.8, 4) is 0 Å². The quantitative estimate of drug-likeness (QED) is 0.828. The smallest absolute Gasteiger partial charge is 0.175 e. The molecule has 2 heterocycles. The molecule has 0 amide bonds. The summed E-state index contributed by atoms with van der Waals surface area (Å²) in [4.78, 5) is 12.8. The Morgan fingerprint density at radius 1 is 1.47 bits per heavy atom. The first kappa shape index (κ1) is 12.2. The molecule has 2 aromatic heterocycles. The first-order chi connectivity index (χ1) is 8.31. The highest BCUT2D eigenvalue weighted by Gasteiger charge is 2.07. The molecule has 0 aromatic carbocycles. The van der Waals surface area contributed by atoms with E-state index in [1.165, 1.54) is 29.6 Å². The van der Waals surface area contributed by atoms with Crippen LogP contribution in [0.15, 0.2) is 21.8 Å². The molecule has 0 aliphatic heterocycles. The lowest BCUT2D eigenvalue weighted by atomic mass is 10.5. The average Bonchev–Trinajstić information content (AvgIpc) is 2.82. The molecule has 0 spiro atoms. The van der Waals surface area contributed by atoms with Crippen molar-refractivity contribution in [1.29, 1.82) is 0 Å². The maximum Gasteiger partial charge on any atom is 0.175 e. The van der Waals surface area contributed by atoms with Gasteiger partial charge in [-0.25, -0.2) is 15.0 Å². The molecule has 0 bridgehead atoms. The van der Waals surface area contributed by atoms with Crippen LogP contribution >= 0.6 is 23.3 Å². The Morgan fingerprint density at radius 2 is 2.35 bits per heavy atom. The Morgan fingerprint density at radius 3 is 3.00 bits per heavy atom. The monoisotopic (exact) mass is 269 g/mol. The van der Waals surface area contributed by atoms with Crippen LogP contribution in [0.1, 0.15) is 5.82 Å². The van der Waals surface area contributed by atoms with Crippen LogP contribution in [0.25, 0.3) is 0 Å². The molecule has 2 aromatic rings. The van der Waals surface area contributed by atoms with Crippen LogP contribution in [-0.4, -0.2) is 33.5 Å². The van der Waals surface area contributed by atoms with Crippen molar-refractivity contribution in [2.24, 2.45) is 0 Å². The molecule has 0 aliphatic carbocycles. The van der Waals surface area contributed by atoms with Crippen LogP contribution < -0.4 is 5.32 Å². The lowest BCUT2D eigenvalue weighted by Crippen LogP contribution is -2.02. The average molecular weight is 269 g/mol. The standard InChI is InChI=1S/C9H11N5OS2/c1-10-6-3-8(14-7(13-6)4-15-2)16-9-11-5-12-17-9/h3,5H,4H2,1-2H3,(H,10,13,14). The maximum absolute atomic E-state index is 5.03. The summed E-state index contributed by atoms with van der Waals surface area (Å²) < 4.78 is 9.83. The van der Waals surface area contributed by atoms with E-state index < -0.39 is 0 Å². The number of ether oxygens (including phenoxy) is 1. The van der Waals surface area contributed by atoms with Gasteiger partial charge in [-0.15, -0.1) is 0 Å². The minimum absolute atomic E-state index is 0.388. The summed E-state index contributed by atoms with van der Waals surface area (Å²) in [7, 11) is 3.44. The molecule has 1 N–H and O–H groups in total. The van der Waals surface area contributed by atoms with Gasteiger partial charge in [0.05, 0.1) is 0 Å². The molecule has 2 rings (SSSR count). The Balaban J connectivity index is 2.23. The van der Waals surface area contributed by atoms with E-state index >= 15 is 0 Å². The molecule has 90 valence electrons. The fourth-order valence-electron chi connectivity index (χ4n) is 1.14. The van der Waals surface area contributed by atoms with Crippen molar-refractivity contribution in [3.05, 3.63) is 18.2 Å². The van der Waals surface area contributed by atoms with E-state index in [0.29, 0.717) is 12.4 Å². The number of hydrogen-bond donors (Lipinski definition) is 1. The van der Waals surface area contributed by atoms with Gasteiger partial charge < -0.3 is 10.1 Å². The van der Waals surface area contributed by atoms with Gasteiger partial charge in [0, 0.05) is 20.2 Å². The summed E-state index contributed by atoms with van der Waals surface area (Å²) in [5.41, 5.74) is 0. The Kier molecular flexibility index (Phi) is 4.24. The second-order valence-corrected chi connectivity index (χ2v) is 5.05. The van der Waals surface area contributed by atoms with E-state index in [1.807, 2.05) is 13.1 Å². The predicted molar refractivity (Wildman–Crippen MR) is 66.3 cm³/mol. The number of methoxy groups -OCH3 is 1. The SMILES string of the molecule is CNc1cc(Sc2ncns2)nc(COC)n1. The first-order valence-corrected chi connectivity index (χ1v) is 6.40. The van der Waals surface area contributed by atoms with Crippen LogP contribution in [0.5, 0.6) is 0 Å². The van der Waals surface area contributed by atoms with Gasteiger partial charge in [0.25, 0.3) is 0 Å². The van der Waals surface area contributed by atoms with Crippen molar-refractivity contribution in [2.75, 3.05) is 19.5 Å². The van der Waals surface area contributed by atoms with Crippen molar-refractivity contribution >= 4 is 29.1 Å². The van der Waals surface area contributed by atoms with Crippen LogP contribution in [0.3, 0.4) is 0 Å². The summed E-state index contributed by atoms with van der Waals surface area (Å²) in [5.74, 6) is 1.41. The van der Waals surface area contributed by atoms with E-state index in [4.69, 9.17) is 4.74 Å². The number of aromatic nitrogens is 4. The van der Waals surface area contributed by atoms with E-state index in [-0.39, 0.29) is 0 Å². The van der Waals surface area contributed by atoms with Crippen LogP contribution in [0.2, 0.25) is 0 Å². The number of rotatable bonds is 5. The van der Waals surface area contributed by atoms with Crippen molar-refractivity contribution in [1.82, 2.24) is 19.3 Å². The molecular formula is C9H11N5OS2. The molecule has 0 fully saturated rings. The van der Waals surface area contributed by atoms with Crippen molar-refractivity contribution in [2.45, 2.75) is 16.0 Å². The van der Waals surface area contributed by atoms with E-state index in [1.54, 1.807) is 7.11 Å². The molecular weight excluding hydrogens is 258 g/mol. The normalized spacial score (nSPS) is 10.5. The maximum atomic E-state index is 5.03. The Bertz CT molecular complexity index is 476. The predicted octanol–water partition coefficient (Wildman–Crippen LogP) is 1.67. The lowest BCUT2D eigenvalue weighted by molar-refractivity contribution is 0.177. The van der Waals surface area contributed by atoms with E-state index in [9.17, 15) is 0 Å². The molecule has 0 unspecified atom stereocenters. The van der Waals surface area contributed by atoms with Gasteiger partial charge >= 0.3 is 0 Å². The molecule has 8 heteroatoms. The molecule has 0 atom stereocenters. The topological polar surface area (TPSA) is 72.8 Å². The van der Waals surface area contributed by atoms with Gasteiger partial charge in [0.2, 0.25) is 0 Å². The fourth-order valence-corrected chi connectivity index (χ4v) is 2.56. The zero-order valence-electron chi connectivity index (χ0n) is 9.38. The van der Waals surface area contributed by atoms with Crippen LogP contribution in [0, 0.1) is 0 Å². The summed E-state index contributed by atoms with van der Waals surface area (Å²) >= 11 is 2.80. The third-order valence-corrected chi connectivity index (χ3v) is 3.44. The molecule has 17 heavy (non-hydrogen) atoms. The first-order valence-electron chi connectivity index (χ1n) is 4.81. The second-order valence-electron chi connectivity index (χ2n) is 3.00. The summed E-state index contributed by atoms with van der Waals surface area (Å²) in [6.07, 6.45) is 1.53. The Labute approximate surface area is 107 Å². The fraction of sp³-hybridized carbons (Fsp3) is 0.333. The molecule has 0 saturated carbocycles. The van der Waals surface area contributed by atoms with E-state index in [0.717, 1.165) is 15.2 Å². The minimum atomic E-state index is 0.388. The summed E-state index contributed by atoms with van der Waals surface area (Å²) in [6, 6.07) is 1.87. The molecule has 0 aliphatic rings. The molecule has 6 nitrogen and oxygen atoms in total.